The summed E-state index contributed by atoms with van der Waals surface area (Å²) in [4.78, 5) is 30.0. The number of nitrogens with one attached hydrogen (secondary N) is 1. The summed E-state index contributed by atoms with van der Waals surface area (Å²) in [5.74, 6) is -0.245. The Hall–Kier alpha value is -2.93. The zero-order valence-corrected chi connectivity index (χ0v) is 17.2. The average Bonchev–Trinajstić information content (AvgIpc) is 3.45. The van der Waals surface area contributed by atoms with Crippen molar-refractivity contribution in [2.45, 2.75) is 31.6 Å². The Balaban J connectivity index is 1.90. The van der Waals surface area contributed by atoms with Gasteiger partial charge in [-0.1, -0.05) is 25.0 Å². The number of anilines is 1. The molecule has 1 N–H and O–H groups in total. The maximum Gasteiger partial charge on any atom is 0.343 e. The fraction of sp³-hybridized carbons (Fsp3) is 0.318. The van der Waals surface area contributed by atoms with E-state index in [2.05, 4.69) is 10.3 Å². The molecule has 1 saturated carbocycles. The topological polar surface area (TPSA) is 77.5 Å². The fourth-order valence-corrected chi connectivity index (χ4v) is 4.58. The number of fused-ring (bicyclic) bond motifs is 1. The predicted octanol–water partition coefficient (Wildman–Crippen LogP) is 5.00. The molecule has 0 unspecified atom stereocenters. The number of rotatable bonds is 5. The van der Waals surface area contributed by atoms with Crippen molar-refractivity contribution in [3.8, 4) is 5.88 Å². The number of pyridine rings is 1. The van der Waals surface area contributed by atoms with E-state index in [9.17, 15) is 9.59 Å². The van der Waals surface area contributed by atoms with E-state index in [1.807, 2.05) is 29.0 Å². The third-order valence-corrected chi connectivity index (χ3v) is 6.07. The van der Waals surface area contributed by atoms with Crippen LogP contribution in [0.15, 0.2) is 35.0 Å². The summed E-state index contributed by atoms with van der Waals surface area (Å²) < 4.78 is 10.2. The van der Waals surface area contributed by atoms with Crippen molar-refractivity contribution in [3.05, 3.63) is 51.7 Å². The van der Waals surface area contributed by atoms with Crippen LogP contribution in [0.4, 0.5) is 5.69 Å². The molecule has 0 radical (unpaired) electrons. The third kappa shape index (κ3) is 3.70. The summed E-state index contributed by atoms with van der Waals surface area (Å²) >= 11 is 1.52. The summed E-state index contributed by atoms with van der Waals surface area (Å²) in [5.41, 5.74) is 3.08. The Morgan fingerprint density at radius 1 is 1.17 bits per heavy atom. The molecule has 6 nitrogen and oxygen atoms in total. The summed E-state index contributed by atoms with van der Waals surface area (Å²) in [6.45, 7) is 0. The minimum atomic E-state index is -0.527. The SMILES string of the molecule is COC(=O)c1cc2ccc(C3CCCC3)c(C(=O)Nc3ccsc3)c2nc1OC. The Labute approximate surface area is 172 Å². The van der Waals surface area contributed by atoms with Crippen LogP contribution in [0.5, 0.6) is 5.88 Å². The highest BCUT2D eigenvalue weighted by atomic mass is 32.1. The maximum atomic E-state index is 13.3. The van der Waals surface area contributed by atoms with E-state index in [1.165, 1.54) is 25.6 Å². The van der Waals surface area contributed by atoms with Gasteiger partial charge in [-0.3, -0.25) is 4.79 Å². The quantitative estimate of drug-likeness (QED) is 0.599. The molecule has 1 amide bonds. The maximum absolute atomic E-state index is 13.3. The normalized spacial score (nSPS) is 14.1. The number of methoxy groups -OCH3 is 2. The highest BCUT2D eigenvalue weighted by Crippen LogP contribution is 2.39. The van der Waals surface area contributed by atoms with Crippen LogP contribution >= 0.6 is 11.3 Å². The van der Waals surface area contributed by atoms with Gasteiger partial charge >= 0.3 is 5.97 Å². The lowest BCUT2D eigenvalue weighted by Crippen LogP contribution is -2.17. The number of nitrogens with zero attached hydrogens (tertiary/aromatic N) is 1. The molecule has 29 heavy (non-hydrogen) atoms. The van der Waals surface area contributed by atoms with Crippen LogP contribution in [-0.4, -0.2) is 31.1 Å². The van der Waals surface area contributed by atoms with Gasteiger partial charge in [-0.2, -0.15) is 11.3 Å². The number of esters is 1. The smallest absolute Gasteiger partial charge is 0.343 e. The summed E-state index contributed by atoms with van der Waals surface area (Å²) in [6.07, 6.45) is 4.43. The largest absolute Gasteiger partial charge is 0.480 e. The van der Waals surface area contributed by atoms with E-state index in [0.717, 1.165) is 36.9 Å². The van der Waals surface area contributed by atoms with Crippen LogP contribution in [0.2, 0.25) is 0 Å². The molecule has 1 aliphatic carbocycles. The molecule has 2 aromatic heterocycles. The molecule has 1 fully saturated rings. The van der Waals surface area contributed by atoms with Gasteiger partial charge in [0.05, 0.1) is 31.0 Å². The van der Waals surface area contributed by atoms with Gasteiger partial charge in [0.25, 0.3) is 5.91 Å². The van der Waals surface area contributed by atoms with Crippen molar-refractivity contribution >= 4 is 39.8 Å². The molecule has 0 bridgehead atoms. The Kier molecular flexibility index (Phi) is 5.49. The summed E-state index contributed by atoms with van der Waals surface area (Å²) in [7, 11) is 2.77. The van der Waals surface area contributed by atoms with E-state index in [0.29, 0.717) is 22.4 Å². The van der Waals surface area contributed by atoms with Crippen molar-refractivity contribution in [2.75, 3.05) is 19.5 Å². The first kappa shape index (κ1) is 19.4. The molecule has 3 aromatic rings. The molecule has 2 heterocycles. The predicted molar refractivity (Wildman–Crippen MR) is 113 cm³/mol. The third-order valence-electron chi connectivity index (χ3n) is 5.38. The zero-order valence-electron chi connectivity index (χ0n) is 16.4. The molecule has 0 spiro atoms. The number of amides is 1. The van der Waals surface area contributed by atoms with Gasteiger partial charge in [-0.05, 0) is 41.8 Å². The number of hydrogen-bond donors (Lipinski definition) is 1. The lowest BCUT2D eigenvalue weighted by molar-refractivity contribution is 0.0596. The molecule has 0 saturated heterocycles. The van der Waals surface area contributed by atoms with Crippen molar-refractivity contribution in [3.63, 3.8) is 0 Å². The fourth-order valence-electron chi connectivity index (χ4n) is 4.00. The number of hydrogen-bond acceptors (Lipinski definition) is 6. The van der Waals surface area contributed by atoms with E-state index in [-0.39, 0.29) is 17.4 Å². The molecular weight excluding hydrogens is 388 g/mol. The van der Waals surface area contributed by atoms with Crippen molar-refractivity contribution in [2.24, 2.45) is 0 Å². The van der Waals surface area contributed by atoms with Gasteiger partial charge < -0.3 is 14.8 Å². The minimum absolute atomic E-state index is 0.150. The Bertz CT molecular complexity index is 1060. The summed E-state index contributed by atoms with van der Waals surface area (Å²) in [5, 5.41) is 7.48. The van der Waals surface area contributed by atoms with Crippen molar-refractivity contribution in [1.29, 1.82) is 0 Å². The van der Waals surface area contributed by atoms with Gasteiger partial charge in [0, 0.05) is 10.8 Å². The van der Waals surface area contributed by atoms with Crippen LogP contribution in [-0.2, 0) is 4.74 Å². The van der Waals surface area contributed by atoms with Crippen LogP contribution in [0, 0.1) is 0 Å². The lowest BCUT2D eigenvalue weighted by atomic mass is 9.90. The molecule has 7 heteroatoms. The van der Waals surface area contributed by atoms with Crippen LogP contribution in [0.25, 0.3) is 10.9 Å². The standard InChI is InChI=1S/C22H22N2O4S/c1-27-21-17(22(26)28-2)11-14-7-8-16(13-5-3-4-6-13)18(19(14)24-21)20(25)23-15-9-10-29-12-15/h7-13H,3-6H2,1-2H3,(H,23,25). The second-order valence-corrected chi connectivity index (χ2v) is 7.87. The molecule has 1 aromatic carbocycles. The van der Waals surface area contributed by atoms with Crippen molar-refractivity contribution in [1.82, 2.24) is 4.98 Å². The van der Waals surface area contributed by atoms with Gasteiger partial charge in [0.15, 0.2) is 0 Å². The monoisotopic (exact) mass is 410 g/mol. The van der Waals surface area contributed by atoms with Crippen LogP contribution < -0.4 is 10.1 Å². The molecule has 0 atom stereocenters. The molecule has 0 aliphatic heterocycles. The van der Waals surface area contributed by atoms with E-state index < -0.39 is 5.97 Å². The highest BCUT2D eigenvalue weighted by Gasteiger charge is 2.27. The number of aromatic nitrogens is 1. The second-order valence-electron chi connectivity index (χ2n) is 7.09. The van der Waals surface area contributed by atoms with Gasteiger partial charge in [-0.25, -0.2) is 9.78 Å². The average molecular weight is 410 g/mol. The van der Waals surface area contributed by atoms with Crippen LogP contribution in [0.3, 0.4) is 0 Å². The molecular formula is C22H22N2O4S. The van der Waals surface area contributed by atoms with E-state index in [1.54, 1.807) is 6.07 Å². The lowest BCUT2D eigenvalue weighted by Gasteiger charge is -2.18. The highest BCUT2D eigenvalue weighted by molar-refractivity contribution is 7.08. The Morgan fingerprint density at radius 2 is 1.97 bits per heavy atom. The number of thiophene rings is 1. The van der Waals surface area contributed by atoms with Gasteiger partial charge in [0.2, 0.25) is 5.88 Å². The zero-order chi connectivity index (χ0) is 20.4. The van der Waals surface area contributed by atoms with E-state index in [4.69, 9.17) is 9.47 Å². The molecule has 4 rings (SSSR count). The molecule has 150 valence electrons. The number of carbonyl (C=O) groups excluding carboxylic acids is 2. The minimum Gasteiger partial charge on any atom is -0.480 e. The van der Waals surface area contributed by atoms with Gasteiger partial charge in [0.1, 0.15) is 5.56 Å². The van der Waals surface area contributed by atoms with Gasteiger partial charge in [-0.15, -0.1) is 0 Å². The summed E-state index contributed by atoms with van der Waals surface area (Å²) in [6, 6.07) is 7.46. The van der Waals surface area contributed by atoms with Crippen LogP contribution in [0.1, 0.15) is 57.9 Å². The van der Waals surface area contributed by atoms with E-state index >= 15 is 0 Å². The first-order chi connectivity index (χ1) is 14.1. The second kappa shape index (κ2) is 8.21. The molecule has 1 aliphatic rings. The number of benzene rings is 1. The van der Waals surface area contributed by atoms with Crippen molar-refractivity contribution < 1.29 is 19.1 Å². The first-order valence-electron chi connectivity index (χ1n) is 9.56. The first-order valence-corrected chi connectivity index (χ1v) is 10.5. The number of ether oxygens (including phenoxy) is 2. The number of carbonyl (C=O) groups is 2. The Morgan fingerprint density at radius 3 is 2.62 bits per heavy atom.